The summed E-state index contributed by atoms with van der Waals surface area (Å²) in [5.74, 6) is -0.833. The van der Waals surface area contributed by atoms with Crippen LogP contribution in [-0.4, -0.2) is 25.4 Å². The Bertz CT molecular complexity index is 80.6. The third kappa shape index (κ3) is 17.8. The van der Waals surface area contributed by atoms with E-state index in [4.69, 9.17) is 9.90 Å². The Kier molecular flexibility index (Phi) is 12.4. The summed E-state index contributed by atoms with van der Waals surface area (Å²) < 4.78 is 0. The number of rotatable bonds is 3. The summed E-state index contributed by atoms with van der Waals surface area (Å²) in [7, 11) is 0. The van der Waals surface area contributed by atoms with Gasteiger partial charge in [-0.15, -0.1) is 0 Å². The molecule has 11 heavy (non-hydrogen) atoms. The van der Waals surface area contributed by atoms with Crippen molar-refractivity contribution in [3.63, 3.8) is 0 Å². The van der Waals surface area contributed by atoms with Crippen LogP contribution in [0.1, 0.15) is 27.7 Å². The van der Waals surface area contributed by atoms with E-state index in [1.54, 1.807) is 0 Å². The molecule has 0 bridgehead atoms. The molecule has 0 atom stereocenters. The molecule has 0 fully saturated rings. The van der Waals surface area contributed by atoms with Crippen LogP contribution < -0.4 is 0 Å². The summed E-state index contributed by atoms with van der Waals surface area (Å²) in [6, 6.07) is 0. The van der Waals surface area contributed by atoms with Crippen LogP contribution in [0.15, 0.2) is 0 Å². The fourth-order valence-corrected chi connectivity index (χ4v) is 3.90. The molecular weight excluding hydrogens is 201 g/mol. The topological polar surface area (TPSA) is 37.3 Å². The Morgan fingerprint density at radius 2 is 1.36 bits per heavy atom. The van der Waals surface area contributed by atoms with E-state index in [9.17, 15) is 0 Å². The molecule has 1 radical (unpaired) electrons. The van der Waals surface area contributed by atoms with E-state index in [0.29, 0.717) is 0 Å². The molecule has 0 aromatic carbocycles. The number of hydrogen-bond donors (Lipinski definition) is 1. The Morgan fingerprint density at radius 1 is 1.18 bits per heavy atom. The van der Waals surface area contributed by atoms with Gasteiger partial charge in [-0.1, -0.05) is 0 Å². The zero-order chi connectivity index (χ0) is 9.28. The standard InChI is InChI=1S/C6H15Ge.C2H4O2/c1-4-7(5-2)6-3;1-2(3)4/h4-6H2,1-3H3;1H3,(H,3,4). The second kappa shape index (κ2) is 10.0. The molecule has 0 aromatic rings. The van der Waals surface area contributed by atoms with Crippen molar-refractivity contribution in [2.75, 3.05) is 0 Å². The minimum atomic E-state index is -0.833. The van der Waals surface area contributed by atoms with Crippen molar-refractivity contribution < 1.29 is 9.90 Å². The van der Waals surface area contributed by atoms with Crippen molar-refractivity contribution in [3.8, 4) is 0 Å². The van der Waals surface area contributed by atoms with Crippen molar-refractivity contribution >= 4 is 20.3 Å². The molecule has 67 valence electrons. The van der Waals surface area contributed by atoms with E-state index < -0.39 is 20.3 Å². The van der Waals surface area contributed by atoms with Crippen LogP contribution >= 0.6 is 0 Å². The van der Waals surface area contributed by atoms with E-state index in [1.807, 2.05) is 0 Å². The molecule has 0 saturated carbocycles. The van der Waals surface area contributed by atoms with Crippen LogP contribution in [0.5, 0.6) is 0 Å². The van der Waals surface area contributed by atoms with Gasteiger partial charge in [0.15, 0.2) is 0 Å². The van der Waals surface area contributed by atoms with Gasteiger partial charge in [0.05, 0.1) is 0 Å². The molecule has 0 aliphatic carbocycles. The summed E-state index contributed by atoms with van der Waals surface area (Å²) in [4.78, 5) is 9.00. The monoisotopic (exact) mass is 221 g/mol. The van der Waals surface area contributed by atoms with Crippen molar-refractivity contribution in [3.05, 3.63) is 0 Å². The molecule has 3 heteroatoms. The predicted molar refractivity (Wildman–Crippen MR) is 50.5 cm³/mol. The fourth-order valence-electron chi connectivity index (χ4n) is 0.750. The molecule has 0 aromatic heterocycles. The van der Waals surface area contributed by atoms with Crippen LogP contribution in [-0.2, 0) is 4.79 Å². The molecular formula is C8H19GeO2. The molecule has 0 unspecified atom stereocenters. The van der Waals surface area contributed by atoms with E-state index >= 15 is 0 Å². The average Bonchev–Trinajstić information content (AvgIpc) is 1.90. The zero-order valence-corrected chi connectivity index (χ0v) is 10.1. The number of carbonyl (C=O) groups is 1. The number of carboxylic acids is 1. The first-order chi connectivity index (χ1) is 5.08. The second-order valence-corrected chi connectivity index (χ2v) is 9.93. The maximum absolute atomic E-state index is 9.00. The summed E-state index contributed by atoms with van der Waals surface area (Å²) in [6.45, 7) is 8.09. The van der Waals surface area contributed by atoms with Gasteiger partial charge in [0.25, 0.3) is 5.97 Å². The Labute approximate surface area is 74.1 Å². The predicted octanol–water partition coefficient (Wildman–Crippen LogP) is 2.63. The molecule has 0 heterocycles. The van der Waals surface area contributed by atoms with Gasteiger partial charge in [0.2, 0.25) is 0 Å². The number of hydrogen-bond acceptors (Lipinski definition) is 1. The van der Waals surface area contributed by atoms with E-state index in [-0.39, 0.29) is 0 Å². The van der Waals surface area contributed by atoms with Gasteiger partial charge in [-0.25, -0.2) is 0 Å². The van der Waals surface area contributed by atoms with Crippen LogP contribution in [0.25, 0.3) is 0 Å². The Hall–Kier alpha value is 0.0129. The van der Waals surface area contributed by atoms with Gasteiger partial charge < -0.3 is 5.11 Å². The molecule has 0 aliphatic heterocycles. The quantitative estimate of drug-likeness (QED) is 0.742. The van der Waals surface area contributed by atoms with E-state index in [2.05, 4.69) is 20.8 Å². The SMILES string of the molecule is CC(=O)O.C[CH2][Ge]([CH2]C)[CH2]C. The van der Waals surface area contributed by atoms with Gasteiger partial charge in [0, 0.05) is 6.92 Å². The number of aliphatic carboxylic acids is 1. The molecule has 0 rings (SSSR count). The van der Waals surface area contributed by atoms with Crippen LogP contribution in [0.3, 0.4) is 0 Å². The van der Waals surface area contributed by atoms with E-state index in [0.717, 1.165) is 6.92 Å². The van der Waals surface area contributed by atoms with Crippen molar-refractivity contribution in [2.24, 2.45) is 0 Å². The van der Waals surface area contributed by atoms with Crippen LogP contribution in [0, 0.1) is 0 Å². The average molecular weight is 220 g/mol. The Balaban J connectivity index is 0. The first-order valence-corrected chi connectivity index (χ1v) is 8.56. The first-order valence-electron chi connectivity index (χ1n) is 4.11. The normalized spacial score (nSPS) is 8.82. The summed E-state index contributed by atoms with van der Waals surface area (Å²) in [5, 5.41) is 12.0. The minimum absolute atomic E-state index is 0.403. The molecule has 0 spiro atoms. The van der Waals surface area contributed by atoms with Crippen molar-refractivity contribution in [1.82, 2.24) is 0 Å². The summed E-state index contributed by atoms with van der Waals surface area (Å²) in [6.07, 6.45) is 0. The molecule has 0 amide bonds. The third-order valence-electron chi connectivity index (χ3n) is 1.50. The van der Waals surface area contributed by atoms with Gasteiger partial charge >= 0.3 is 50.9 Å². The van der Waals surface area contributed by atoms with Gasteiger partial charge in [-0.05, 0) is 0 Å². The summed E-state index contributed by atoms with van der Waals surface area (Å²) in [5.41, 5.74) is 0. The van der Waals surface area contributed by atoms with Gasteiger partial charge in [0.1, 0.15) is 0 Å². The van der Waals surface area contributed by atoms with Crippen LogP contribution in [0.2, 0.25) is 15.8 Å². The number of carboxylic acid groups (broad SMARTS) is 1. The molecule has 1 N–H and O–H groups in total. The van der Waals surface area contributed by atoms with Crippen molar-refractivity contribution in [2.45, 2.75) is 43.5 Å². The zero-order valence-electron chi connectivity index (χ0n) is 7.98. The van der Waals surface area contributed by atoms with E-state index in [1.165, 1.54) is 15.8 Å². The molecule has 2 nitrogen and oxygen atoms in total. The maximum atomic E-state index is 9.00. The van der Waals surface area contributed by atoms with Crippen LogP contribution in [0.4, 0.5) is 0 Å². The molecule has 0 saturated heterocycles. The molecule has 0 aliphatic rings. The van der Waals surface area contributed by atoms with Gasteiger partial charge in [-0.3, -0.25) is 4.79 Å². The first kappa shape index (κ1) is 13.6. The second-order valence-electron chi connectivity index (χ2n) is 2.33. The van der Waals surface area contributed by atoms with Gasteiger partial charge in [-0.2, -0.15) is 0 Å². The summed E-state index contributed by atoms with van der Waals surface area (Å²) >= 11 is -0.403. The van der Waals surface area contributed by atoms with Crippen molar-refractivity contribution in [1.29, 1.82) is 0 Å². The third-order valence-corrected chi connectivity index (χ3v) is 7.79. The fraction of sp³-hybridized carbons (Fsp3) is 0.875. The Morgan fingerprint density at radius 3 is 1.36 bits per heavy atom.